The van der Waals surface area contributed by atoms with Gasteiger partial charge in [-0.15, -0.1) is 0 Å². The van der Waals surface area contributed by atoms with E-state index in [1.54, 1.807) is 0 Å². The van der Waals surface area contributed by atoms with E-state index >= 15 is 0 Å². The zero-order valence-electron chi connectivity index (χ0n) is 25.9. The predicted molar refractivity (Wildman–Crippen MR) is 178 cm³/mol. The van der Waals surface area contributed by atoms with Gasteiger partial charge in [-0.25, -0.2) is 9.59 Å². The molecule has 2 fully saturated rings. The topological polar surface area (TPSA) is 52.6 Å². The molecule has 4 heteroatoms. The number of hydrogen-bond donors (Lipinski definition) is 0. The smallest absolute Gasteiger partial charge is 0.347 e. The Morgan fingerprint density at radius 2 is 0.587 bits per heavy atom. The van der Waals surface area contributed by atoms with Crippen molar-refractivity contribution in [3.05, 3.63) is 166 Å². The molecule has 2 saturated carbocycles. The summed E-state index contributed by atoms with van der Waals surface area (Å²) >= 11 is 0. The lowest BCUT2D eigenvalue weighted by Gasteiger charge is -2.36. The van der Waals surface area contributed by atoms with Gasteiger partial charge in [0.05, 0.1) is 0 Å². The molecular weight excluding hydrogens is 568 g/mol. The Balaban J connectivity index is 1.16. The van der Waals surface area contributed by atoms with Crippen LogP contribution in [0.15, 0.2) is 144 Å². The van der Waals surface area contributed by atoms with Gasteiger partial charge in [-0.05, 0) is 84.5 Å². The van der Waals surface area contributed by atoms with E-state index in [0.29, 0.717) is 46.3 Å². The van der Waals surface area contributed by atoms with Crippen LogP contribution < -0.4 is 0 Å². The summed E-state index contributed by atoms with van der Waals surface area (Å²) in [4.78, 5) is 27.5. The van der Waals surface area contributed by atoms with Gasteiger partial charge in [0.25, 0.3) is 0 Å². The first-order chi connectivity index (χ1) is 22.6. The van der Waals surface area contributed by atoms with Crippen LogP contribution >= 0.6 is 0 Å². The fraction of sp³-hybridized carbons (Fsp3) is 0.286. The minimum atomic E-state index is -0.429. The molecule has 0 radical (unpaired) electrons. The van der Waals surface area contributed by atoms with E-state index in [4.69, 9.17) is 9.47 Å². The highest BCUT2D eigenvalue weighted by atomic mass is 16.6. The molecular formula is C42H38O4. The Kier molecular flexibility index (Phi) is 7.65. The van der Waals surface area contributed by atoms with Crippen molar-refractivity contribution in [1.82, 2.24) is 0 Å². The zero-order valence-corrected chi connectivity index (χ0v) is 25.9. The number of ether oxygens (including phenoxy) is 2. The first-order valence-corrected chi connectivity index (χ1v) is 16.7. The van der Waals surface area contributed by atoms with Gasteiger partial charge in [-0.3, -0.25) is 0 Å². The number of hydrogen-bond acceptors (Lipinski definition) is 4. The molecule has 2 heterocycles. The SMILES string of the molecule is O=C1OC(C2CC(c3ccccc3)CC(c3ccccc3)C2)=C2C(=O)OC(C3CC(c4ccccc4)CC(c4ccccc4)C3)=C12. The zero-order chi connectivity index (χ0) is 31.0. The van der Waals surface area contributed by atoms with Crippen molar-refractivity contribution in [2.45, 2.75) is 62.2 Å². The second kappa shape index (κ2) is 12.2. The average Bonchev–Trinajstić information content (AvgIpc) is 3.66. The molecule has 2 aliphatic heterocycles. The van der Waals surface area contributed by atoms with E-state index in [0.717, 1.165) is 38.5 Å². The van der Waals surface area contributed by atoms with Crippen LogP contribution in [0.25, 0.3) is 0 Å². The number of benzene rings is 4. The van der Waals surface area contributed by atoms with E-state index in [9.17, 15) is 9.59 Å². The van der Waals surface area contributed by atoms with E-state index in [-0.39, 0.29) is 11.8 Å². The molecule has 46 heavy (non-hydrogen) atoms. The molecule has 4 atom stereocenters. The fourth-order valence-electron chi connectivity index (χ4n) is 8.69. The summed E-state index contributed by atoms with van der Waals surface area (Å²) in [6, 6.07) is 42.4. The van der Waals surface area contributed by atoms with Gasteiger partial charge in [0, 0.05) is 11.8 Å². The van der Waals surface area contributed by atoms with Gasteiger partial charge < -0.3 is 9.47 Å². The maximum Gasteiger partial charge on any atom is 0.347 e. The normalized spacial score (nSPS) is 27.7. The van der Waals surface area contributed by atoms with Crippen LogP contribution in [0.2, 0.25) is 0 Å². The lowest BCUT2D eigenvalue weighted by atomic mass is 9.69. The van der Waals surface area contributed by atoms with E-state index in [1.807, 2.05) is 24.3 Å². The summed E-state index contributed by atoms with van der Waals surface area (Å²) in [6.07, 6.45) is 5.33. The van der Waals surface area contributed by atoms with Gasteiger partial charge in [0.15, 0.2) is 0 Å². The van der Waals surface area contributed by atoms with Crippen molar-refractivity contribution < 1.29 is 19.1 Å². The molecule has 0 N–H and O–H groups in total. The summed E-state index contributed by atoms with van der Waals surface area (Å²) in [6.45, 7) is 0. The second-order valence-corrected chi connectivity index (χ2v) is 13.5. The van der Waals surface area contributed by atoms with Crippen LogP contribution in [0.3, 0.4) is 0 Å². The highest BCUT2D eigenvalue weighted by Gasteiger charge is 2.50. The maximum atomic E-state index is 13.8. The van der Waals surface area contributed by atoms with E-state index in [2.05, 4.69) is 97.1 Å². The van der Waals surface area contributed by atoms with E-state index < -0.39 is 11.9 Å². The molecule has 230 valence electrons. The third-order valence-corrected chi connectivity index (χ3v) is 10.8. The molecule has 4 unspecified atom stereocenters. The number of esters is 2. The third kappa shape index (κ3) is 5.40. The van der Waals surface area contributed by atoms with Gasteiger partial charge in [-0.1, -0.05) is 121 Å². The number of fused-ring (bicyclic) bond motifs is 1. The molecule has 0 aromatic heterocycles. The Labute approximate surface area is 270 Å². The second-order valence-electron chi connectivity index (χ2n) is 13.5. The Morgan fingerprint density at radius 1 is 0.348 bits per heavy atom. The summed E-state index contributed by atoms with van der Waals surface area (Å²) in [5.41, 5.74) is 5.90. The van der Waals surface area contributed by atoms with Crippen molar-refractivity contribution >= 4 is 11.9 Å². The number of carbonyl (C=O) groups excluding carboxylic acids is 2. The molecule has 2 aliphatic carbocycles. The monoisotopic (exact) mass is 606 g/mol. The third-order valence-electron chi connectivity index (χ3n) is 10.8. The van der Waals surface area contributed by atoms with Crippen LogP contribution in [0, 0.1) is 11.8 Å². The Bertz CT molecular complexity index is 1560. The molecule has 4 nitrogen and oxygen atoms in total. The minimum Gasteiger partial charge on any atom is -0.426 e. The first kappa shape index (κ1) is 28.8. The number of carbonyl (C=O) groups is 2. The standard InChI is InChI=1S/C42H38O4/c43-41-37-38(40(46-41)36-25-33(29-17-9-3-10-18-29)22-34(26-36)30-19-11-4-12-20-30)42(44)45-39(37)35-23-31(27-13-5-1-6-14-27)21-32(24-35)28-15-7-2-8-16-28/h1-20,31-36H,21-26H2. The number of rotatable bonds is 6. The van der Waals surface area contributed by atoms with Crippen molar-refractivity contribution in [3.8, 4) is 0 Å². The quantitative estimate of drug-likeness (QED) is 0.205. The molecule has 0 spiro atoms. The molecule has 0 amide bonds. The van der Waals surface area contributed by atoms with Crippen LogP contribution in [0.4, 0.5) is 0 Å². The Hall–Kier alpha value is -4.70. The van der Waals surface area contributed by atoms with Crippen molar-refractivity contribution in [2.75, 3.05) is 0 Å². The van der Waals surface area contributed by atoms with E-state index in [1.165, 1.54) is 22.3 Å². The van der Waals surface area contributed by atoms with Crippen LogP contribution in [0.1, 0.15) is 84.5 Å². The largest absolute Gasteiger partial charge is 0.426 e. The molecule has 4 aromatic carbocycles. The van der Waals surface area contributed by atoms with Crippen LogP contribution in [0.5, 0.6) is 0 Å². The summed E-state index contributed by atoms with van der Waals surface area (Å²) in [7, 11) is 0. The number of cyclic esters (lactones) is 2. The highest BCUT2D eigenvalue weighted by molar-refractivity contribution is 6.14. The summed E-state index contributed by atoms with van der Waals surface area (Å²) < 4.78 is 12.3. The summed E-state index contributed by atoms with van der Waals surface area (Å²) in [5.74, 6) is 1.23. The molecule has 0 saturated heterocycles. The van der Waals surface area contributed by atoms with Crippen molar-refractivity contribution in [3.63, 3.8) is 0 Å². The average molecular weight is 607 g/mol. The number of allylic oxidation sites excluding steroid dienone is 2. The molecule has 0 bridgehead atoms. The van der Waals surface area contributed by atoms with Crippen molar-refractivity contribution in [1.29, 1.82) is 0 Å². The molecule has 8 rings (SSSR count). The minimum absolute atomic E-state index is 0.0620. The molecule has 4 aliphatic rings. The van der Waals surface area contributed by atoms with Gasteiger partial charge in [-0.2, -0.15) is 0 Å². The lowest BCUT2D eigenvalue weighted by molar-refractivity contribution is -0.135. The lowest BCUT2D eigenvalue weighted by Crippen LogP contribution is -2.24. The summed E-state index contributed by atoms with van der Waals surface area (Å²) in [5, 5.41) is 0. The first-order valence-electron chi connectivity index (χ1n) is 16.7. The Morgan fingerprint density at radius 3 is 0.848 bits per heavy atom. The molecule has 4 aromatic rings. The predicted octanol–water partition coefficient (Wildman–Crippen LogP) is 9.34. The fourth-order valence-corrected chi connectivity index (χ4v) is 8.69. The highest BCUT2D eigenvalue weighted by Crippen LogP contribution is 2.53. The van der Waals surface area contributed by atoms with Gasteiger partial charge in [0.2, 0.25) is 0 Å². The van der Waals surface area contributed by atoms with Crippen molar-refractivity contribution in [2.24, 2.45) is 11.8 Å². The van der Waals surface area contributed by atoms with Gasteiger partial charge >= 0.3 is 11.9 Å². The van der Waals surface area contributed by atoms with Crippen LogP contribution in [-0.4, -0.2) is 11.9 Å². The van der Waals surface area contributed by atoms with Crippen LogP contribution in [-0.2, 0) is 19.1 Å². The maximum absolute atomic E-state index is 13.8. The van der Waals surface area contributed by atoms with Gasteiger partial charge in [0.1, 0.15) is 22.7 Å².